The Hall–Kier alpha value is -1.89. The number of alkyl halides is 3. The third-order valence-corrected chi connectivity index (χ3v) is 3.90. The second-order valence-corrected chi connectivity index (χ2v) is 5.82. The minimum atomic E-state index is -4.57. The minimum Gasteiger partial charge on any atom is -0.352 e. The molecular weight excluding hydrogens is 305 g/mol. The Morgan fingerprint density at radius 3 is 2.35 bits per heavy atom. The van der Waals surface area contributed by atoms with Gasteiger partial charge in [-0.3, -0.25) is 0 Å². The van der Waals surface area contributed by atoms with E-state index < -0.39 is 11.9 Å². The van der Waals surface area contributed by atoms with Crippen LogP contribution in [0.25, 0.3) is 12.2 Å². The van der Waals surface area contributed by atoms with Crippen LogP contribution in [-0.4, -0.2) is 35.6 Å². The summed E-state index contributed by atoms with van der Waals surface area (Å²) in [4.78, 5) is 9.56. The van der Waals surface area contributed by atoms with Crippen LogP contribution in [0.3, 0.4) is 0 Å². The lowest BCUT2D eigenvalue weighted by atomic mass is 10.0. The Kier molecular flexibility index (Phi) is 5.09. The number of piperazine rings is 1. The molecule has 0 bridgehead atoms. The maximum Gasteiger partial charge on any atom is 0.437 e. The molecule has 0 spiro atoms. The number of nitrogens with one attached hydrogen (secondary N) is 1. The fourth-order valence-corrected chi connectivity index (χ4v) is 2.58. The van der Waals surface area contributed by atoms with Crippen molar-refractivity contribution in [1.29, 1.82) is 0 Å². The quantitative estimate of drug-likeness (QED) is 0.922. The Morgan fingerprint density at radius 1 is 1.22 bits per heavy atom. The van der Waals surface area contributed by atoms with Crippen LogP contribution in [0.1, 0.15) is 30.9 Å². The van der Waals surface area contributed by atoms with Gasteiger partial charge in [0.2, 0.25) is 0 Å². The van der Waals surface area contributed by atoms with Crippen LogP contribution in [-0.2, 0) is 6.18 Å². The zero-order chi connectivity index (χ0) is 17.2. The van der Waals surface area contributed by atoms with Crippen molar-refractivity contribution < 1.29 is 13.2 Å². The summed E-state index contributed by atoms with van der Waals surface area (Å²) >= 11 is 0. The molecule has 2 heterocycles. The van der Waals surface area contributed by atoms with Crippen molar-refractivity contribution in [3.05, 3.63) is 30.2 Å². The van der Waals surface area contributed by atoms with E-state index in [1.165, 1.54) is 12.2 Å². The van der Waals surface area contributed by atoms with Crippen LogP contribution < -0.4 is 10.2 Å². The molecule has 0 aromatic carbocycles. The van der Waals surface area contributed by atoms with Gasteiger partial charge in [-0.05, 0) is 18.1 Å². The van der Waals surface area contributed by atoms with Gasteiger partial charge in [-0.25, -0.2) is 9.97 Å². The molecule has 1 aliphatic heterocycles. The Labute approximate surface area is 134 Å². The Balaban J connectivity index is 2.51. The van der Waals surface area contributed by atoms with Gasteiger partial charge in [-0.15, -0.1) is 0 Å². The summed E-state index contributed by atoms with van der Waals surface area (Å²) in [6, 6.07) is 0.109. The lowest BCUT2D eigenvalue weighted by Crippen LogP contribution is -2.53. The van der Waals surface area contributed by atoms with Crippen LogP contribution in [0.15, 0.2) is 13.2 Å². The third kappa shape index (κ3) is 3.72. The van der Waals surface area contributed by atoms with Crippen LogP contribution >= 0.6 is 0 Å². The second kappa shape index (κ2) is 6.70. The number of hydrogen-bond acceptors (Lipinski definition) is 4. The number of halogens is 3. The predicted octanol–water partition coefficient (Wildman–Crippen LogP) is 3.22. The van der Waals surface area contributed by atoms with E-state index in [1.807, 2.05) is 13.8 Å². The molecule has 7 heteroatoms. The maximum atomic E-state index is 13.4. The van der Waals surface area contributed by atoms with Gasteiger partial charge < -0.3 is 10.2 Å². The van der Waals surface area contributed by atoms with E-state index >= 15 is 0 Å². The molecule has 126 valence electrons. The highest BCUT2D eigenvalue weighted by atomic mass is 19.4. The van der Waals surface area contributed by atoms with Crippen molar-refractivity contribution in [3.63, 3.8) is 0 Å². The predicted molar refractivity (Wildman–Crippen MR) is 86.1 cm³/mol. The van der Waals surface area contributed by atoms with Gasteiger partial charge in [-0.1, -0.05) is 27.0 Å². The van der Waals surface area contributed by atoms with E-state index in [9.17, 15) is 13.2 Å². The summed E-state index contributed by atoms with van der Waals surface area (Å²) in [5, 5.41) is 3.32. The molecule has 1 N–H and O–H groups in total. The third-order valence-electron chi connectivity index (χ3n) is 3.90. The summed E-state index contributed by atoms with van der Waals surface area (Å²) in [5.74, 6) is 0.177. The van der Waals surface area contributed by atoms with E-state index in [0.717, 1.165) is 0 Å². The smallest absolute Gasteiger partial charge is 0.352 e. The van der Waals surface area contributed by atoms with Crippen molar-refractivity contribution in [1.82, 2.24) is 15.3 Å². The molecule has 1 aliphatic rings. The van der Waals surface area contributed by atoms with Gasteiger partial charge in [0.1, 0.15) is 0 Å². The van der Waals surface area contributed by atoms with Gasteiger partial charge >= 0.3 is 6.18 Å². The SMILES string of the molecule is C=Cc1nc(N2CCNC(C(C)C)C2)c(C(F)(F)F)nc1C=C. The van der Waals surface area contributed by atoms with E-state index in [2.05, 4.69) is 28.4 Å². The molecule has 1 aromatic rings. The molecular formula is C16H21F3N4. The highest BCUT2D eigenvalue weighted by molar-refractivity contribution is 5.61. The molecule has 0 saturated carbocycles. The average molecular weight is 326 g/mol. The summed E-state index contributed by atoms with van der Waals surface area (Å²) in [6.45, 7) is 12.7. The van der Waals surface area contributed by atoms with Gasteiger partial charge in [0.05, 0.1) is 11.4 Å². The normalized spacial score (nSPS) is 19.0. The molecule has 0 aliphatic carbocycles. The summed E-state index contributed by atoms with van der Waals surface area (Å²) in [5.41, 5.74) is -0.573. The number of nitrogens with zero attached hydrogens (tertiary/aromatic N) is 3. The molecule has 1 aromatic heterocycles. The molecule has 0 amide bonds. The first-order chi connectivity index (χ1) is 10.8. The lowest BCUT2D eigenvalue weighted by Gasteiger charge is -2.37. The van der Waals surface area contributed by atoms with Crippen molar-refractivity contribution in [2.45, 2.75) is 26.1 Å². The zero-order valence-electron chi connectivity index (χ0n) is 13.3. The first-order valence-corrected chi connectivity index (χ1v) is 7.50. The van der Waals surface area contributed by atoms with Gasteiger partial charge in [0.25, 0.3) is 0 Å². The second-order valence-electron chi connectivity index (χ2n) is 5.82. The molecule has 4 nitrogen and oxygen atoms in total. The highest BCUT2D eigenvalue weighted by Gasteiger charge is 2.39. The Morgan fingerprint density at radius 2 is 1.83 bits per heavy atom. The number of aromatic nitrogens is 2. The topological polar surface area (TPSA) is 41.1 Å². The fraction of sp³-hybridized carbons (Fsp3) is 0.500. The van der Waals surface area contributed by atoms with Crippen LogP contribution in [0.5, 0.6) is 0 Å². The lowest BCUT2D eigenvalue weighted by molar-refractivity contribution is -0.140. The number of anilines is 1. The maximum absolute atomic E-state index is 13.4. The van der Waals surface area contributed by atoms with Crippen molar-refractivity contribution in [2.75, 3.05) is 24.5 Å². The van der Waals surface area contributed by atoms with Crippen LogP contribution in [0, 0.1) is 5.92 Å². The molecule has 2 rings (SSSR count). The van der Waals surface area contributed by atoms with Crippen molar-refractivity contribution in [3.8, 4) is 0 Å². The molecule has 1 atom stereocenters. The standard InChI is InChI=1S/C16H21F3N4/c1-5-11-12(6-2)22-15(14(21-11)16(17,18)19)23-8-7-20-13(9-23)10(3)4/h5-6,10,13,20H,1-2,7-9H2,3-4H3. The first kappa shape index (κ1) is 17.5. The highest BCUT2D eigenvalue weighted by Crippen LogP contribution is 2.35. The van der Waals surface area contributed by atoms with Gasteiger partial charge in [0, 0.05) is 25.7 Å². The molecule has 1 fully saturated rings. The number of rotatable bonds is 4. The van der Waals surface area contributed by atoms with Crippen LogP contribution in [0.4, 0.5) is 19.0 Å². The van der Waals surface area contributed by atoms with E-state index in [1.54, 1.807) is 4.90 Å². The first-order valence-electron chi connectivity index (χ1n) is 7.50. The summed E-state index contributed by atoms with van der Waals surface area (Å²) in [6.07, 6.45) is -1.91. The van der Waals surface area contributed by atoms with Crippen molar-refractivity contribution in [2.24, 2.45) is 5.92 Å². The molecule has 0 radical (unpaired) electrons. The summed E-state index contributed by atoms with van der Waals surface area (Å²) in [7, 11) is 0. The molecule has 23 heavy (non-hydrogen) atoms. The van der Waals surface area contributed by atoms with E-state index in [4.69, 9.17) is 0 Å². The average Bonchev–Trinajstić information content (AvgIpc) is 2.52. The largest absolute Gasteiger partial charge is 0.437 e. The summed E-state index contributed by atoms with van der Waals surface area (Å²) < 4.78 is 40.2. The fourth-order valence-electron chi connectivity index (χ4n) is 2.58. The van der Waals surface area contributed by atoms with E-state index in [-0.39, 0.29) is 17.6 Å². The molecule has 1 unspecified atom stereocenters. The monoisotopic (exact) mass is 326 g/mol. The molecule has 1 saturated heterocycles. The van der Waals surface area contributed by atoms with Gasteiger partial charge in [-0.2, -0.15) is 13.2 Å². The minimum absolute atomic E-state index is 0.0895. The zero-order valence-corrected chi connectivity index (χ0v) is 13.3. The van der Waals surface area contributed by atoms with Gasteiger partial charge in [0.15, 0.2) is 11.5 Å². The van der Waals surface area contributed by atoms with E-state index in [0.29, 0.717) is 31.2 Å². The Bertz CT molecular complexity index is 596. The number of hydrogen-bond donors (Lipinski definition) is 1. The van der Waals surface area contributed by atoms with Crippen molar-refractivity contribution >= 4 is 18.0 Å². The van der Waals surface area contributed by atoms with Crippen LogP contribution in [0.2, 0.25) is 0 Å².